The molecule has 2 aromatic carbocycles. The lowest BCUT2D eigenvalue weighted by atomic mass is 10.1. The first kappa shape index (κ1) is 20.9. The smallest absolute Gasteiger partial charge is 0.321 e. The Balaban J connectivity index is 1.32. The molecule has 2 heterocycles. The van der Waals surface area contributed by atoms with Crippen LogP contribution in [0.4, 0.5) is 16.2 Å². The highest BCUT2D eigenvalue weighted by molar-refractivity contribution is 5.89. The Kier molecular flexibility index (Phi) is 6.21. The standard InChI is InChI=1S/C24H29N5O2/c1-4-18-5-9-20(10-6-18)25-24(30)29-15-13-28(14-16-29)21-11-7-19(8-12-21)22-26-23(17(2)3)31-27-22/h5-12,17H,4,13-16H2,1-3H3,(H,25,30). The molecular weight excluding hydrogens is 390 g/mol. The second-order valence-corrected chi connectivity index (χ2v) is 8.11. The van der Waals surface area contributed by atoms with E-state index in [4.69, 9.17) is 4.52 Å². The zero-order valence-corrected chi connectivity index (χ0v) is 18.3. The molecule has 1 saturated heterocycles. The van der Waals surface area contributed by atoms with E-state index in [-0.39, 0.29) is 11.9 Å². The van der Waals surface area contributed by atoms with Gasteiger partial charge < -0.3 is 19.6 Å². The zero-order valence-electron chi connectivity index (χ0n) is 18.3. The summed E-state index contributed by atoms with van der Waals surface area (Å²) in [6, 6.07) is 16.2. The minimum absolute atomic E-state index is 0.0442. The number of benzene rings is 2. The molecule has 7 nitrogen and oxygen atoms in total. The summed E-state index contributed by atoms with van der Waals surface area (Å²) < 4.78 is 5.30. The Hall–Kier alpha value is -3.35. The van der Waals surface area contributed by atoms with E-state index in [1.807, 2.05) is 43.0 Å². The van der Waals surface area contributed by atoms with Crippen molar-refractivity contribution < 1.29 is 9.32 Å². The topological polar surface area (TPSA) is 74.5 Å². The molecule has 0 aliphatic carbocycles. The van der Waals surface area contributed by atoms with Gasteiger partial charge >= 0.3 is 6.03 Å². The highest BCUT2D eigenvalue weighted by Crippen LogP contribution is 2.24. The van der Waals surface area contributed by atoms with Crippen LogP contribution in [0.25, 0.3) is 11.4 Å². The van der Waals surface area contributed by atoms with Crippen molar-refractivity contribution in [1.29, 1.82) is 0 Å². The molecule has 7 heteroatoms. The van der Waals surface area contributed by atoms with Gasteiger partial charge in [-0.3, -0.25) is 0 Å². The maximum absolute atomic E-state index is 12.6. The molecule has 1 aromatic heterocycles. The first-order chi connectivity index (χ1) is 15.0. The molecule has 0 atom stereocenters. The molecule has 0 radical (unpaired) electrons. The number of carbonyl (C=O) groups excluding carboxylic acids is 1. The Labute approximate surface area is 183 Å². The molecule has 31 heavy (non-hydrogen) atoms. The van der Waals surface area contributed by atoms with E-state index in [1.54, 1.807) is 0 Å². The number of amides is 2. The normalized spacial score (nSPS) is 14.2. The van der Waals surface area contributed by atoms with E-state index >= 15 is 0 Å². The molecule has 4 rings (SSSR count). The Morgan fingerprint density at radius 2 is 1.71 bits per heavy atom. The second kappa shape index (κ2) is 9.20. The quantitative estimate of drug-likeness (QED) is 0.644. The van der Waals surface area contributed by atoms with E-state index in [1.165, 1.54) is 5.56 Å². The third-order valence-electron chi connectivity index (χ3n) is 5.61. The Bertz CT molecular complexity index is 1000. The zero-order chi connectivity index (χ0) is 21.8. The van der Waals surface area contributed by atoms with Crippen LogP contribution in [0.15, 0.2) is 53.1 Å². The van der Waals surface area contributed by atoms with Gasteiger partial charge in [-0.15, -0.1) is 0 Å². The van der Waals surface area contributed by atoms with Gasteiger partial charge in [0, 0.05) is 49.0 Å². The number of carbonyl (C=O) groups is 1. The number of rotatable bonds is 5. The average Bonchev–Trinajstić information content (AvgIpc) is 3.31. The van der Waals surface area contributed by atoms with Crippen LogP contribution in [0.3, 0.4) is 0 Å². The molecule has 0 bridgehead atoms. The molecule has 0 saturated carbocycles. The maximum Gasteiger partial charge on any atom is 0.321 e. The predicted octanol–water partition coefficient (Wildman–Crippen LogP) is 4.78. The van der Waals surface area contributed by atoms with Crippen molar-refractivity contribution in [2.45, 2.75) is 33.1 Å². The average molecular weight is 420 g/mol. The summed E-state index contributed by atoms with van der Waals surface area (Å²) in [7, 11) is 0. The van der Waals surface area contributed by atoms with Gasteiger partial charge in [-0.2, -0.15) is 4.98 Å². The van der Waals surface area contributed by atoms with Crippen LogP contribution in [0.5, 0.6) is 0 Å². The van der Waals surface area contributed by atoms with Crippen molar-refractivity contribution >= 4 is 17.4 Å². The van der Waals surface area contributed by atoms with Crippen molar-refractivity contribution in [3.05, 3.63) is 60.0 Å². The van der Waals surface area contributed by atoms with Gasteiger partial charge in [0.1, 0.15) is 0 Å². The number of nitrogens with one attached hydrogen (secondary N) is 1. The molecule has 162 valence electrons. The van der Waals surface area contributed by atoms with Crippen LogP contribution in [0.2, 0.25) is 0 Å². The molecule has 2 amide bonds. The maximum atomic E-state index is 12.6. The first-order valence-electron chi connectivity index (χ1n) is 10.9. The van der Waals surface area contributed by atoms with Crippen LogP contribution in [0.1, 0.15) is 38.1 Å². The van der Waals surface area contributed by atoms with Crippen LogP contribution in [-0.4, -0.2) is 47.3 Å². The highest BCUT2D eigenvalue weighted by Gasteiger charge is 2.21. The number of nitrogens with zero attached hydrogens (tertiary/aromatic N) is 4. The number of piperazine rings is 1. The fourth-order valence-electron chi connectivity index (χ4n) is 3.60. The third-order valence-corrected chi connectivity index (χ3v) is 5.61. The lowest BCUT2D eigenvalue weighted by Gasteiger charge is -2.36. The Morgan fingerprint density at radius 1 is 1.03 bits per heavy atom. The van der Waals surface area contributed by atoms with E-state index in [0.29, 0.717) is 24.8 Å². The number of urea groups is 1. The summed E-state index contributed by atoms with van der Waals surface area (Å²) >= 11 is 0. The number of anilines is 2. The van der Waals surface area contributed by atoms with Gasteiger partial charge in [0.15, 0.2) is 0 Å². The van der Waals surface area contributed by atoms with E-state index < -0.39 is 0 Å². The third kappa shape index (κ3) is 4.87. The van der Waals surface area contributed by atoms with Gasteiger partial charge in [0.2, 0.25) is 11.7 Å². The summed E-state index contributed by atoms with van der Waals surface area (Å²) in [5.74, 6) is 1.48. The van der Waals surface area contributed by atoms with Crippen molar-refractivity contribution in [2.24, 2.45) is 0 Å². The second-order valence-electron chi connectivity index (χ2n) is 8.11. The summed E-state index contributed by atoms with van der Waals surface area (Å²) in [5.41, 5.74) is 4.16. The summed E-state index contributed by atoms with van der Waals surface area (Å²) in [6.45, 7) is 9.13. The van der Waals surface area contributed by atoms with Gasteiger partial charge in [0.05, 0.1) is 0 Å². The van der Waals surface area contributed by atoms with Crippen molar-refractivity contribution in [1.82, 2.24) is 15.0 Å². The largest absolute Gasteiger partial charge is 0.368 e. The van der Waals surface area contributed by atoms with Crippen LogP contribution in [0, 0.1) is 0 Å². The molecule has 0 unspecified atom stereocenters. The fourth-order valence-corrected chi connectivity index (χ4v) is 3.60. The monoisotopic (exact) mass is 419 g/mol. The van der Waals surface area contributed by atoms with Gasteiger partial charge in [-0.25, -0.2) is 4.79 Å². The number of hydrogen-bond donors (Lipinski definition) is 1. The molecule has 1 fully saturated rings. The predicted molar refractivity (Wildman–Crippen MR) is 122 cm³/mol. The van der Waals surface area contributed by atoms with Gasteiger partial charge in [0.25, 0.3) is 0 Å². The lowest BCUT2D eigenvalue weighted by Crippen LogP contribution is -2.50. The molecule has 1 N–H and O–H groups in total. The van der Waals surface area contributed by atoms with Crippen LogP contribution < -0.4 is 10.2 Å². The minimum Gasteiger partial charge on any atom is -0.368 e. The molecule has 1 aliphatic rings. The highest BCUT2D eigenvalue weighted by atomic mass is 16.5. The van der Waals surface area contributed by atoms with E-state index in [2.05, 4.69) is 51.5 Å². The molecular formula is C24H29N5O2. The minimum atomic E-state index is -0.0442. The van der Waals surface area contributed by atoms with Crippen molar-refractivity contribution in [3.8, 4) is 11.4 Å². The van der Waals surface area contributed by atoms with Gasteiger partial charge in [-0.05, 0) is 48.4 Å². The van der Waals surface area contributed by atoms with Crippen molar-refractivity contribution in [2.75, 3.05) is 36.4 Å². The summed E-state index contributed by atoms with van der Waals surface area (Å²) in [6.07, 6.45) is 0.991. The van der Waals surface area contributed by atoms with E-state index in [0.717, 1.165) is 36.4 Å². The van der Waals surface area contributed by atoms with Crippen molar-refractivity contribution in [3.63, 3.8) is 0 Å². The lowest BCUT2D eigenvalue weighted by molar-refractivity contribution is 0.208. The molecule has 0 spiro atoms. The first-order valence-corrected chi connectivity index (χ1v) is 10.9. The van der Waals surface area contributed by atoms with Crippen LogP contribution in [-0.2, 0) is 6.42 Å². The number of aromatic nitrogens is 2. The van der Waals surface area contributed by atoms with Gasteiger partial charge in [-0.1, -0.05) is 38.1 Å². The fraction of sp³-hybridized carbons (Fsp3) is 0.375. The SMILES string of the molecule is CCc1ccc(NC(=O)N2CCN(c3ccc(-c4noc(C(C)C)n4)cc3)CC2)cc1. The number of aryl methyl sites for hydroxylation is 1. The Morgan fingerprint density at radius 3 is 2.29 bits per heavy atom. The van der Waals surface area contributed by atoms with Crippen LogP contribution >= 0.6 is 0 Å². The summed E-state index contributed by atoms with van der Waals surface area (Å²) in [5, 5.41) is 7.07. The molecule has 1 aliphatic heterocycles. The molecule has 3 aromatic rings. The summed E-state index contributed by atoms with van der Waals surface area (Å²) in [4.78, 5) is 21.2. The van der Waals surface area contributed by atoms with E-state index in [9.17, 15) is 4.79 Å². The number of hydrogen-bond acceptors (Lipinski definition) is 5.